The van der Waals surface area contributed by atoms with Gasteiger partial charge in [-0.1, -0.05) is 0 Å². The molecule has 1 heterocycles. The molecule has 1 aromatic carbocycles. The number of hydrogen-bond acceptors (Lipinski definition) is 3. The molecule has 0 radical (unpaired) electrons. The molecule has 0 bridgehead atoms. The number of benzene rings is 1. The molecule has 0 atom stereocenters. The van der Waals surface area contributed by atoms with E-state index in [9.17, 15) is 9.18 Å². The molecule has 86 valence electrons. The maximum absolute atomic E-state index is 13.1. The molecule has 2 aromatic rings. The maximum atomic E-state index is 13.1. The van der Waals surface area contributed by atoms with Crippen LogP contribution in [0.3, 0.4) is 0 Å². The average Bonchev–Trinajstić information content (AvgIpc) is 2.34. The highest BCUT2D eigenvalue weighted by atomic mass is 19.1. The quantitative estimate of drug-likeness (QED) is 0.760. The molecular weight excluding hydrogens is 219 g/mol. The van der Waals surface area contributed by atoms with Crippen LogP contribution in [0.2, 0.25) is 0 Å². The number of carbonyl (C=O) groups excluding carboxylic acids is 1. The number of nitrogens with zero attached hydrogens (tertiary/aromatic N) is 2. The van der Waals surface area contributed by atoms with Crippen molar-refractivity contribution >= 4 is 5.78 Å². The Morgan fingerprint density at radius 3 is 2.82 bits per heavy atom. The number of aromatic nitrogens is 2. The first kappa shape index (κ1) is 11.4. The lowest BCUT2D eigenvalue weighted by atomic mass is 10.0. The van der Waals surface area contributed by atoms with Gasteiger partial charge in [0, 0.05) is 11.8 Å². The van der Waals surface area contributed by atoms with E-state index in [0.717, 1.165) is 0 Å². The Balaban J connectivity index is 2.18. The minimum Gasteiger partial charge on any atom is -0.294 e. The van der Waals surface area contributed by atoms with Gasteiger partial charge in [-0.3, -0.25) is 4.79 Å². The molecule has 0 N–H and O–H groups in total. The van der Waals surface area contributed by atoms with Crippen molar-refractivity contribution < 1.29 is 9.18 Å². The van der Waals surface area contributed by atoms with Crippen molar-refractivity contribution in [2.75, 3.05) is 0 Å². The Hall–Kier alpha value is -2.10. The fourth-order valence-electron chi connectivity index (χ4n) is 1.51. The third-order valence-corrected chi connectivity index (χ3v) is 2.46. The van der Waals surface area contributed by atoms with Gasteiger partial charge in [0.2, 0.25) is 0 Å². The van der Waals surface area contributed by atoms with Crippen LogP contribution in [0.4, 0.5) is 4.39 Å². The molecule has 0 aliphatic rings. The average molecular weight is 230 g/mol. The SMILES string of the molecule is Cc1cc(C(=O)Cc2ccncn2)ccc1F. The van der Waals surface area contributed by atoms with Crippen LogP contribution in [-0.2, 0) is 6.42 Å². The van der Waals surface area contributed by atoms with Crippen LogP contribution in [0, 0.1) is 12.7 Å². The lowest BCUT2D eigenvalue weighted by Crippen LogP contribution is -2.05. The van der Waals surface area contributed by atoms with Crippen molar-refractivity contribution in [3.05, 3.63) is 59.4 Å². The number of Topliss-reactive ketones (excluding diaryl/α,β-unsaturated/α-hetero) is 1. The summed E-state index contributed by atoms with van der Waals surface area (Å²) >= 11 is 0. The van der Waals surface area contributed by atoms with Crippen LogP contribution in [-0.4, -0.2) is 15.8 Å². The summed E-state index contributed by atoms with van der Waals surface area (Å²) in [5, 5.41) is 0. The summed E-state index contributed by atoms with van der Waals surface area (Å²) in [5.41, 5.74) is 1.63. The third-order valence-electron chi connectivity index (χ3n) is 2.46. The van der Waals surface area contributed by atoms with E-state index in [0.29, 0.717) is 16.8 Å². The Morgan fingerprint density at radius 1 is 1.35 bits per heavy atom. The molecule has 3 nitrogen and oxygen atoms in total. The van der Waals surface area contributed by atoms with Crippen LogP contribution >= 0.6 is 0 Å². The Kier molecular flexibility index (Phi) is 3.23. The molecule has 0 amide bonds. The molecule has 1 aromatic heterocycles. The summed E-state index contributed by atoms with van der Waals surface area (Å²) in [7, 11) is 0. The zero-order valence-corrected chi connectivity index (χ0v) is 9.35. The number of ketones is 1. The fraction of sp³-hybridized carbons (Fsp3) is 0.154. The molecule has 0 aliphatic carbocycles. The van der Waals surface area contributed by atoms with Crippen LogP contribution in [0.5, 0.6) is 0 Å². The lowest BCUT2D eigenvalue weighted by Gasteiger charge is -2.02. The molecule has 2 rings (SSSR count). The summed E-state index contributed by atoms with van der Waals surface area (Å²) < 4.78 is 13.1. The Bertz CT molecular complexity index is 540. The van der Waals surface area contributed by atoms with Crippen molar-refractivity contribution in [1.82, 2.24) is 9.97 Å². The zero-order valence-electron chi connectivity index (χ0n) is 9.35. The largest absolute Gasteiger partial charge is 0.294 e. The number of rotatable bonds is 3. The normalized spacial score (nSPS) is 10.2. The summed E-state index contributed by atoms with van der Waals surface area (Å²) in [6.45, 7) is 1.64. The molecule has 0 spiro atoms. The van der Waals surface area contributed by atoms with Gasteiger partial charge in [0.1, 0.15) is 12.1 Å². The van der Waals surface area contributed by atoms with Gasteiger partial charge in [-0.25, -0.2) is 14.4 Å². The molecule has 4 heteroatoms. The number of halogens is 1. The zero-order chi connectivity index (χ0) is 12.3. The maximum Gasteiger partial charge on any atom is 0.168 e. The third kappa shape index (κ3) is 2.72. The van der Waals surface area contributed by atoms with Gasteiger partial charge in [-0.15, -0.1) is 0 Å². The Morgan fingerprint density at radius 2 is 2.18 bits per heavy atom. The smallest absolute Gasteiger partial charge is 0.168 e. The van der Waals surface area contributed by atoms with E-state index in [-0.39, 0.29) is 18.0 Å². The predicted molar refractivity (Wildman–Crippen MR) is 61.2 cm³/mol. The molecule has 0 saturated carbocycles. The summed E-state index contributed by atoms with van der Waals surface area (Å²) in [6.07, 6.45) is 3.19. The molecular formula is C13H11FN2O. The van der Waals surface area contributed by atoms with Crippen molar-refractivity contribution in [2.45, 2.75) is 13.3 Å². The molecule has 0 unspecified atom stereocenters. The number of hydrogen-bond donors (Lipinski definition) is 0. The second-order valence-electron chi connectivity index (χ2n) is 3.76. The minimum absolute atomic E-state index is 0.0770. The number of aryl methyl sites for hydroxylation is 1. The van der Waals surface area contributed by atoms with E-state index in [1.165, 1.54) is 18.5 Å². The second-order valence-corrected chi connectivity index (χ2v) is 3.76. The van der Waals surface area contributed by atoms with Crippen LogP contribution < -0.4 is 0 Å². The minimum atomic E-state index is -0.302. The molecule has 0 saturated heterocycles. The summed E-state index contributed by atoms with van der Waals surface area (Å²) in [5.74, 6) is -0.379. The van der Waals surface area contributed by atoms with E-state index >= 15 is 0 Å². The highest BCUT2D eigenvalue weighted by molar-refractivity contribution is 5.97. The first-order valence-corrected chi connectivity index (χ1v) is 5.21. The van der Waals surface area contributed by atoms with E-state index in [4.69, 9.17) is 0 Å². The highest BCUT2D eigenvalue weighted by Gasteiger charge is 2.09. The summed E-state index contributed by atoms with van der Waals surface area (Å²) in [4.78, 5) is 19.7. The van der Waals surface area contributed by atoms with E-state index in [2.05, 4.69) is 9.97 Å². The molecule has 17 heavy (non-hydrogen) atoms. The van der Waals surface area contributed by atoms with Crippen LogP contribution in [0.15, 0.2) is 36.8 Å². The van der Waals surface area contributed by atoms with E-state index in [1.54, 1.807) is 25.3 Å². The van der Waals surface area contributed by atoms with E-state index in [1.807, 2.05) is 0 Å². The van der Waals surface area contributed by atoms with Gasteiger partial charge < -0.3 is 0 Å². The molecule has 0 fully saturated rings. The molecule has 0 aliphatic heterocycles. The van der Waals surface area contributed by atoms with Gasteiger partial charge in [0.05, 0.1) is 12.1 Å². The topological polar surface area (TPSA) is 42.9 Å². The lowest BCUT2D eigenvalue weighted by molar-refractivity contribution is 0.0992. The van der Waals surface area contributed by atoms with Gasteiger partial charge in [0.25, 0.3) is 0 Å². The monoisotopic (exact) mass is 230 g/mol. The van der Waals surface area contributed by atoms with Gasteiger partial charge in [0.15, 0.2) is 5.78 Å². The number of carbonyl (C=O) groups is 1. The predicted octanol–water partition coefficient (Wildman–Crippen LogP) is 2.35. The second kappa shape index (κ2) is 4.82. The van der Waals surface area contributed by atoms with E-state index < -0.39 is 0 Å². The van der Waals surface area contributed by atoms with Gasteiger partial charge in [-0.2, -0.15) is 0 Å². The van der Waals surface area contributed by atoms with Gasteiger partial charge in [-0.05, 0) is 36.8 Å². The fourth-order valence-corrected chi connectivity index (χ4v) is 1.51. The highest BCUT2D eigenvalue weighted by Crippen LogP contribution is 2.11. The van der Waals surface area contributed by atoms with Crippen molar-refractivity contribution in [3.63, 3.8) is 0 Å². The van der Waals surface area contributed by atoms with Gasteiger partial charge >= 0.3 is 0 Å². The first-order valence-electron chi connectivity index (χ1n) is 5.21. The Labute approximate surface area is 98.3 Å². The van der Waals surface area contributed by atoms with Crippen LogP contribution in [0.25, 0.3) is 0 Å². The standard InChI is InChI=1S/C13H11FN2O/c1-9-6-10(2-3-12(9)14)13(17)7-11-4-5-15-8-16-11/h2-6,8H,7H2,1H3. The van der Waals surface area contributed by atoms with Crippen molar-refractivity contribution in [2.24, 2.45) is 0 Å². The summed E-state index contributed by atoms with van der Waals surface area (Å²) in [6, 6.07) is 6.04. The van der Waals surface area contributed by atoms with Crippen LogP contribution in [0.1, 0.15) is 21.6 Å². The first-order chi connectivity index (χ1) is 8.16. The van der Waals surface area contributed by atoms with Crippen molar-refractivity contribution in [3.8, 4) is 0 Å². The van der Waals surface area contributed by atoms with Crippen molar-refractivity contribution in [1.29, 1.82) is 0 Å².